The molecular weight excluding hydrogens is 399 g/mol. The van der Waals surface area contributed by atoms with Gasteiger partial charge < -0.3 is 0 Å². The van der Waals surface area contributed by atoms with Gasteiger partial charge in [-0.25, -0.2) is 22.3 Å². The van der Waals surface area contributed by atoms with Crippen molar-refractivity contribution >= 4 is 27.2 Å². The molecule has 142 valence electrons. The summed E-state index contributed by atoms with van der Waals surface area (Å²) in [5, 5.41) is 4.72. The van der Waals surface area contributed by atoms with E-state index in [2.05, 4.69) is 15.1 Å². The molecule has 6 nitrogen and oxygen atoms in total. The highest BCUT2D eigenvalue weighted by atomic mass is 32.2. The second kappa shape index (κ2) is 6.99. The summed E-state index contributed by atoms with van der Waals surface area (Å²) in [5.41, 5.74) is 2.27. The number of hydrogen-bond donors (Lipinski definition) is 0. The van der Waals surface area contributed by atoms with E-state index in [-0.39, 0.29) is 15.4 Å². The van der Waals surface area contributed by atoms with Crippen LogP contribution in [0.5, 0.6) is 0 Å². The highest BCUT2D eigenvalue weighted by molar-refractivity contribution is 7.99. The topological polar surface area (TPSA) is 77.2 Å². The summed E-state index contributed by atoms with van der Waals surface area (Å²) >= 11 is 1.20. The minimum Gasteiger partial charge on any atom is -0.264 e. The van der Waals surface area contributed by atoms with E-state index in [9.17, 15) is 12.8 Å². The van der Waals surface area contributed by atoms with Crippen molar-refractivity contribution in [3.05, 3.63) is 66.4 Å². The van der Waals surface area contributed by atoms with E-state index >= 15 is 0 Å². The minimum absolute atomic E-state index is 0.0283. The second-order valence-electron chi connectivity index (χ2n) is 6.06. The summed E-state index contributed by atoms with van der Waals surface area (Å²) in [7, 11) is -4.03. The average molecular weight is 414 g/mol. The first-order chi connectivity index (χ1) is 13.4. The molecule has 0 N–H and O–H groups in total. The first-order valence-corrected chi connectivity index (χ1v) is 11.0. The predicted molar refractivity (Wildman–Crippen MR) is 105 cm³/mol. The fraction of sp³-hybridized carbons (Fsp3) is 0.105. The fourth-order valence-electron chi connectivity index (χ4n) is 2.91. The Morgan fingerprint density at radius 2 is 1.96 bits per heavy atom. The lowest BCUT2D eigenvalue weighted by molar-refractivity contribution is 0.589. The van der Waals surface area contributed by atoms with Crippen LogP contribution in [0.4, 0.5) is 4.39 Å². The monoisotopic (exact) mass is 414 g/mol. The molecule has 4 aromatic rings. The summed E-state index contributed by atoms with van der Waals surface area (Å²) in [6, 6.07) is 10.4. The van der Waals surface area contributed by atoms with E-state index in [4.69, 9.17) is 0 Å². The molecule has 28 heavy (non-hydrogen) atoms. The van der Waals surface area contributed by atoms with Crippen LogP contribution in [0.2, 0.25) is 0 Å². The number of rotatable bonds is 4. The highest BCUT2D eigenvalue weighted by Gasteiger charge is 2.29. The smallest absolute Gasteiger partial charge is 0.213 e. The number of hydrogen-bond acceptors (Lipinski definition) is 6. The van der Waals surface area contributed by atoms with E-state index in [0.717, 1.165) is 17.3 Å². The van der Waals surface area contributed by atoms with Crippen LogP contribution >= 0.6 is 11.8 Å². The van der Waals surface area contributed by atoms with E-state index in [1.807, 2.05) is 19.1 Å². The SMILES string of the molecule is CSc1nn2c(C)cc(-c3cccnc3)nc2c1S(=O)(=O)c1cccc(F)c1. The highest BCUT2D eigenvalue weighted by Crippen LogP contribution is 2.33. The molecule has 9 heteroatoms. The van der Waals surface area contributed by atoms with Crippen LogP contribution in [0.3, 0.4) is 0 Å². The van der Waals surface area contributed by atoms with Crippen LogP contribution in [0, 0.1) is 12.7 Å². The van der Waals surface area contributed by atoms with Crippen molar-refractivity contribution in [1.82, 2.24) is 19.6 Å². The van der Waals surface area contributed by atoms with Gasteiger partial charge in [0.2, 0.25) is 9.84 Å². The Morgan fingerprint density at radius 3 is 2.64 bits per heavy atom. The second-order valence-corrected chi connectivity index (χ2v) is 8.74. The number of halogens is 1. The molecule has 0 fully saturated rings. The number of thioether (sulfide) groups is 1. The number of sulfone groups is 1. The third-order valence-electron chi connectivity index (χ3n) is 4.22. The van der Waals surface area contributed by atoms with Crippen LogP contribution in [-0.4, -0.2) is 34.3 Å². The first kappa shape index (κ1) is 18.6. The summed E-state index contributed by atoms with van der Waals surface area (Å²) in [6.07, 6.45) is 5.05. The zero-order valence-corrected chi connectivity index (χ0v) is 16.6. The summed E-state index contributed by atoms with van der Waals surface area (Å²) in [6.45, 7) is 1.82. The van der Waals surface area contributed by atoms with Crippen molar-refractivity contribution in [2.45, 2.75) is 21.7 Å². The van der Waals surface area contributed by atoms with Crippen LogP contribution in [0.15, 0.2) is 69.7 Å². The van der Waals surface area contributed by atoms with Crippen LogP contribution < -0.4 is 0 Å². The van der Waals surface area contributed by atoms with Gasteiger partial charge in [-0.15, -0.1) is 11.8 Å². The zero-order chi connectivity index (χ0) is 19.9. The van der Waals surface area contributed by atoms with Gasteiger partial charge in [0.15, 0.2) is 10.5 Å². The molecule has 3 heterocycles. The number of aryl methyl sites for hydroxylation is 1. The van der Waals surface area contributed by atoms with Gasteiger partial charge in [-0.3, -0.25) is 4.98 Å². The Balaban J connectivity index is 2.03. The number of aromatic nitrogens is 4. The third kappa shape index (κ3) is 3.06. The fourth-order valence-corrected chi connectivity index (χ4v) is 5.33. The molecule has 0 saturated carbocycles. The van der Waals surface area contributed by atoms with E-state index in [0.29, 0.717) is 10.7 Å². The van der Waals surface area contributed by atoms with Gasteiger partial charge in [0.25, 0.3) is 0 Å². The van der Waals surface area contributed by atoms with Crippen molar-refractivity contribution < 1.29 is 12.8 Å². The number of fused-ring (bicyclic) bond motifs is 1. The Morgan fingerprint density at radius 1 is 1.14 bits per heavy atom. The van der Waals surface area contributed by atoms with Crippen molar-refractivity contribution in [1.29, 1.82) is 0 Å². The molecule has 0 unspecified atom stereocenters. The molecule has 0 radical (unpaired) electrons. The maximum atomic E-state index is 13.7. The van der Waals surface area contributed by atoms with Crippen molar-refractivity contribution in [2.24, 2.45) is 0 Å². The molecule has 0 amide bonds. The van der Waals surface area contributed by atoms with Gasteiger partial charge >= 0.3 is 0 Å². The zero-order valence-electron chi connectivity index (χ0n) is 15.0. The number of pyridine rings is 1. The molecule has 4 rings (SSSR count). The number of benzene rings is 1. The Bertz CT molecular complexity index is 1290. The molecule has 1 aromatic carbocycles. The quantitative estimate of drug-likeness (QED) is 0.473. The molecule has 0 aliphatic carbocycles. The lowest BCUT2D eigenvalue weighted by atomic mass is 10.2. The lowest BCUT2D eigenvalue weighted by Crippen LogP contribution is -2.05. The summed E-state index contributed by atoms with van der Waals surface area (Å²) < 4.78 is 41.8. The van der Waals surface area contributed by atoms with Crippen LogP contribution in [0.1, 0.15) is 5.69 Å². The van der Waals surface area contributed by atoms with Gasteiger partial charge in [-0.2, -0.15) is 5.10 Å². The third-order valence-corrected chi connectivity index (χ3v) is 6.81. The molecular formula is C19H15FN4O2S2. The standard InChI is InChI=1S/C19H15FN4O2S2/c1-12-9-16(13-5-4-8-21-11-13)22-18-17(19(27-2)23-24(12)18)28(25,26)15-7-3-6-14(20)10-15/h3-11H,1-2H3. The van der Waals surface area contributed by atoms with Crippen molar-refractivity contribution in [3.8, 4) is 11.3 Å². The maximum Gasteiger partial charge on any atom is 0.213 e. The van der Waals surface area contributed by atoms with E-state index in [1.54, 1.807) is 24.7 Å². The maximum absolute atomic E-state index is 13.7. The van der Waals surface area contributed by atoms with Crippen molar-refractivity contribution in [2.75, 3.05) is 6.26 Å². The normalized spacial score (nSPS) is 11.8. The average Bonchev–Trinajstić information content (AvgIpc) is 3.08. The van der Waals surface area contributed by atoms with Gasteiger partial charge in [-0.1, -0.05) is 6.07 Å². The molecule has 0 bridgehead atoms. The Labute approximate surface area is 165 Å². The van der Waals surface area contributed by atoms with Gasteiger partial charge in [0.05, 0.1) is 10.6 Å². The molecule has 0 saturated heterocycles. The van der Waals surface area contributed by atoms with Gasteiger partial charge in [0, 0.05) is 23.7 Å². The first-order valence-electron chi connectivity index (χ1n) is 8.27. The molecule has 0 atom stereocenters. The molecule has 3 aromatic heterocycles. The largest absolute Gasteiger partial charge is 0.264 e. The number of nitrogens with zero attached hydrogens (tertiary/aromatic N) is 4. The lowest BCUT2D eigenvalue weighted by Gasteiger charge is -2.07. The van der Waals surface area contributed by atoms with Crippen molar-refractivity contribution in [3.63, 3.8) is 0 Å². The molecule has 0 spiro atoms. The summed E-state index contributed by atoms with van der Waals surface area (Å²) in [5.74, 6) is -0.622. The predicted octanol–water partition coefficient (Wildman–Crippen LogP) is 3.79. The summed E-state index contributed by atoms with van der Waals surface area (Å²) in [4.78, 5) is 8.49. The van der Waals surface area contributed by atoms with Crippen LogP contribution in [0.25, 0.3) is 16.9 Å². The van der Waals surface area contributed by atoms with E-state index in [1.165, 1.54) is 34.5 Å². The Hall–Kier alpha value is -2.78. The van der Waals surface area contributed by atoms with E-state index < -0.39 is 15.7 Å². The Kier molecular flexibility index (Phi) is 4.64. The molecule has 0 aliphatic heterocycles. The van der Waals surface area contributed by atoms with Crippen LogP contribution in [-0.2, 0) is 9.84 Å². The molecule has 0 aliphatic rings. The van der Waals surface area contributed by atoms with Gasteiger partial charge in [-0.05, 0) is 49.6 Å². The van der Waals surface area contributed by atoms with Gasteiger partial charge in [0.1, 0.15) is 10.8 Å². The minimum atomic E-state index is -4.03.